The lowest BCUT2D eigenvalue weighted by Gasteiger charge is -2.07. The number of pyridine rings is 1. The first-order chi connectivity index (χ1) is 10.2. The van der Waals surface area contributed by atoms with E-state index in [1.54, 1.807) is 38.4 Å². The summed E-state index contributed by atoms with van der Waals surface area (Å²) in [7, 11) is 1.67. The summed E-state index contributed by atoms with van der Waals surface area (Å²) >= 11 is 0. The Morgan fingerprint density at radius 3 is 2.76 bits per heavy atom. The van der Waals surface area contributed by atoms with Gasteiger partial charge < -0.3 is 14.8 Å². The Hall–Kier alpha value is -1.98. The average molecular weight is 290 g/mol. The van der Waals surface area contributed by atoms with Gasteiger partial charge in [-0.15, -0.1) is 0 Å². The topological polar surface area (TPSA) is 43.4 Å². The first-order valence-electron chi connectivity index (χ1n) is 6.77. The average Bonchev–Trinajstić information content (AvgIpc) is 2.49. The third-order valence-corrected chi connectivity index (χ3v) is 2.96. The highest BCUT2D eigenvalue weighted by molar-refractivity contribution is 5.32. The van der Waals surface area contributed by atoms with Gasteiger partial charge in [-0.05, 0) is 36.2 Å². The van der Waals surface area contributed by atoms with Crippen LogP contribution in [0.15, 0.2) is 36.5 Å². The van der Waals surface area contributed by atoms with Crippen molar-refractivity contribution in [1.29, 1.82) is 0 Å². The van der Waals surface area contributed by atoms with Gasteiger partial charge in [0.05, 0.1) is 6.61 Å². The van der Waals surface area contributed by atoms with E-state index in [4.69, 9.17) is 9.47 Å². The SMILES string of the molecule is COCCNCc1ccc(Oc2ccc(F)c(C)c2)nc1. The van der Waals surface area contributed by atoms with Crippen molar-refractivity contribution < 1.29 is 13.9 Å². The molecule has 112 valence electrons. The van der Waals surface area contributed by atoms with Crippen LogP contribution in [0.4, 0.5) is 4.39 Å². The van der Waals surface area contributed by atoms with Crippen LogP contribution in [-0.2, 0) is 11.3 Å². The molecule has 4 nitrogen and oxygen atoms in total. The van der Waals surface area contributed by atoms with E-state index < -0.39 is 0 Å². The van der Waals surface area contributed by atoms with Gasteiger partial charge in [0.25, 0.3) is 0 Å². The first kappa shape index (κ1) is 15.4. The second-order valence-corrected chi connectivity index (χ2v) is 4.69. The predicted molar refractivity (Wildman–Crippen MR) is 79.0 cm³/mol. The van der Waals surface area contributed by atoms with E-state index in [1.165, 1.54) is 6.07 Å². The molecule has 1 aromatic heterocycles. The zero-order chi connectivity index (χ0) is 15.1. The summed E-state index contributed by atoms with van der Waals surface area (Å²) < 4.78 is 23.7. The summed E-state index contributed by atoms with van der Waals surface area (Å²) in [5.41, 5.74) is 1.61. The number of aromatic nitrogens is 1. The molecule has 0 spiro atoms. The van der Waals surface area contributed by atoms with Gasteiger partial charge in [-0.25, -0.2) is 9.37 Å². The molecule has 5 heteroatoms. The molecule has 1 aromatic carbocycles. The number of ether oxygens (including phenoxy) is 2. The Kier molecular flexibility index (Phi) is 5.66. The van der Waals surface area contributed by atoms with Crippen LogP contribution >= 0.6 is 0 Å². The quantitative estimate of drug-likeness (QED) is 0.796. The molecular weight excluding hydrogens is 271 g/mol. The lowest BCUT2D eigenvalue weighted by molar-refractivity contribution is 0.199. The van der Waals surface area contributed by atoms with Crippen LogP contribution in [0.2, 0.25) is 0 Å². The number of methoxy groups -OCH3 is 1. The molecule has 0 unspecified atom stereocenters. The number of nitrogens with zero attached hydrogens (tertiary/aromatic N) is 1. The van der Waals surface area contributed by atoms with Crippen molar-refractivity contribution in [3.63, 3.8) is 0 Å². The van der Waals surface area contributed by atoms with E-state index in [2.05, 4.69) is 10.3 Å². The molecule has 0 bridgehead atoms. The Bertz CT molecular complexity index is 573. The second kappa shape index (κ2) is 7.71. The van der Waals surface area contributed by atoms with Crippen molar-refractivity contribution in [2.75, 3.05) is 20.3 Å². The van der Waals surface area contributed by atoms with Gasteiger partial charge in [0.2, 0.25) is 5.88 Å². The highest BCUT2D eigenvalue weighted by atomic mass is 19.1. The Morgan fingerprint density at radius 1 is 1.24 bits per heavy atom. The predicted octanol–water partition coefficient (Wildman–Crippen LogP) is 3.06. The summed E-state index contributed by atoms with van der Waals surface area (Å²) in [6.07, 6.45) is 1.76. The number of aryl methyl sites for hydroxylation is 1. The molecule has 0 amide bonds. The smallest absolute Gasteiger partial charge is 0.219 e. The van der Waals surface area contributed by atoms with Crippen LogP contribution in [0.25, 0.3) is 0 Å². The lowest BCUT2D eigenvalue weighted by atomic mass is 10.2. The van der Waals surface area contributed by atoms with Gasteiger partial charge in [0.15, 0.2) is 0 Å². The molecule has 0 aliphatic rings. The number of nitrogens with one attached hydrogen (secondary N) is 1. The third kappa shape index (κ3) is 4.81. The molecule has 1 N–H and O–H groups in total. The van der Waals surface area contributed by atoms with E-state index in [9.17, 15) is 4.39 Å². The van der Waals surface area contributed by atoms with Gasteiger partial charge in [-0.1, -0.05) is 6.07 Å². The third-order valence-electron chi connectivity index (χ3n) is 2.96. The van der Waals surface area contributed by atoms with Crippen LogP contribution in [-0.4, -0.2) is 25.2 Å². The molecule has 0 aliphatic heterocycles. The van der Waals surface area contributed by atoms with E-state index >= 15 is 0 Å². The van der Waals surface area contributed by atoms with E-state index in [1.807, 2.05) is 6.07 Å². The molecule has 0 fully saturated rings. The highest BCUT2D eigenvalue weighted by Crippen LogP contribution is 2.21. The maximum Gasteiger partial charge on any atom is 0.219 e. The van der Waals surface area contributed by atoms with Crippen LogP contribution in [0.3, 0.4) is 0 Å². The van der Waals surface area contributed by atoms with Gasteiger partial charge >= 0.3 is 0 Å². The van der Waals surface area contributed by atoms with Crippen molar-refractivity contribution in [2.24, 2.45) is 0 Å². The summed E-state index contributed by atoms with van der Waals surface area (Å²) in [6.45, 7) is 3.90. The fraction of sp³-hybridized carbons (Fsp3) is 0.312. The molecule has 0 saturated heterocycles. The molecule has 1 heterocycles. The van der Waals surface area contributed by atoms with Gasteiger partial charge in [0, 0.05) is 32.5 Å². The number of rotatable bonds is 7. The number of halogens is 1. The lowest BCUT2D eigenvalue weighted by Crippen LogP contribution is -2.18. The van der Waals surface area contributed by atoms with Crippen LogP contribution in [0.5, 0.6) is 11.6 Å². The molecular formula is C16H19FN2O2. The van der Waals surface area contributed by atoms with Crippen molar-refractivity contribution in [3.05, 3.63) is 53.5 Å². The van der Waals surface area contributed by atoms with Crippen molar-refractivity contribution in [1.82, 2.24) is 10.3 Å². The fourth-order valence-corrected chi connectivity index (χ4v) is 1.78. The zero-order valence-corrected chi connectivity index (χ0v) is 12.2. The van der Waals surface area contributed by atoms with Crippen molar-refractivity contribution in [3.8, 4) is 11.6 Å². The van der Waals surface area contributed by atoms with Crippen LogP contribution < -0.4 is 10.1 Å². The number of hydrogen-bond acceptors (Lipinski definition) is 4. The van der Waals surface area contributed by atoms with E-state index in [0.29, 0.717) is 23.8 Å². The van der Waals surface area contributed by atoms with Crippen molar-refractivity contribution >= 4 is 0 Å². The highest BCUT2D eigenvalue weighted by Gasteiger charge is 2.02. The minimum atomic E-state index is -0.243. The van der Waals surface area contributed by atoms with Gasteiger partial charge in [-0.3, -0.25) is 0 Å². The summed E-state index contributed by atoms with van der Waals surface area (Å²) in [4.78, 5) is 4.24. The van der Waals surface area contributed by atoms with Crippen LogP contribution in [0, 0.1) is 12.7 Å². The molecule has 2 rings (SSSR count). The molecule has 0 saturated carbocycles. The van der Waals surface area contributed by atoms with Gasteiger partial charge in [0.1, 0.15) is 11.6 Å². The second-order valence-electron chi connectivity index (χ2n) is 4.69. The Morgan fingerprint density at radius 2 is 2.10 bits per heavy atom. The molecule has 0 radical (unpaired) electrons. The molecule has 21 heavy (non-hydrogen) atoms. The maximum absolute atomic E-state index is 13.2. The summed E-state index contributed by atoms with van der Waals surface area (Å²) in [5.74, 6) is 0.821. The van der Waals surface area contributed by atoms with E-state index in [-0.39, 0.29) is 5.82 Å². The minimum Gasteiger partial charge on any atom is -0.439 e. The van der Waals surface area contributed by atoms with Crippen molar-refractivity contribution in [2.45, 2.75) is 13.5 Å². The number of hydrogen-bond donors (Lipinski definition) is 1. The maximum atomic E-state index is 13.2. The minimum absolute atomic E-state index is 0.243. The summed E-state index contributed by atoms with van der Waals surface area (Å²) in [6, 6.07) is 8.37. The molecule has 0 atom stereocenters. The number of benzene rings is 1. The standard InChI is InChI=1S/C16H19FN2O2/c1-12-9-14(4-5-15(12)17)21-16-6-3-13(11-19-16)10-18-7-8-20-2/h3-6,9,11,18H,7-8,10H2,1-2H3. The van der Waals surface area contributed by atoms with E-state index in [0.717, 1.165) is 18.7 Å². The Labute approximate surface area is 123 Å². The largest absolute Gasteiger partial charge is 0.439 e. The zero-order valence-electron chi connectivity index (χ0n) is 12.2. The first-order valence-corrected chi connectivity index (χ1v) is 6.77. The molecule has 0 aliphatic carbocycles. The Balaban J connectivity index is 1.91. The van der Waals surface area contributed by atoms with Gasteiger partial charge in [-0.2, -0.15) is 0 Å². The fourth-order valence-electron chi connectivity index (χ4n) is 1.78. The van der Waals surface area contributed by atoms with Crippen LogP contribution in [0.1, 0.15) is 11.1 Å². The normalized spacial score (nSPS) is 10.6. The monoisotopic (exact) mass is 290 g/mol. The molecule has 2 aromatic rings. The summed E-state index contributed by atoms with van der Waals surface area (Å²) in [5, 5.41) is 3.24.